The lowest BCUT2D eigenvalue weighted by molar-refractivity contribution is -0.120. The third kappa shape index (κ3) is 3.12. The number of halogens is 1. The number of benzene rings is 1. The first-order valence-corrected chi connectivity index (χ1v) is 8.70. The van der Waals surface area contributed by atoms with Crippen LogP contribution in [0, 0.1) is 28.5 Å². The van der Waals surface area contributed by atoms with Gasteiger partial charge in [0.05, 0.1) is 17.2 Å². The highest BCUT2D eigenvalue weighted by Gasteiger charge is 2.49. The van der Waals surface area contributed by atoms with E-state index in [-0.39, 0.29) is 17.5 Å². The van der Waals surface area contributed by atoms with E-state index in [1.165, 1.54) is 12.1 Å². The molecule has 0 aromatic heterocycles. The topological polar surface area (TPSA) is 87.0 Å². The summed E-state index contributed by atoms with van der Waals surface area (Å²) in [6.07, 6.45) is 1.66. The number of hydrogen-bond acceptors (Lipinski definition) is 4. The summed E-state index contributed by atoms with van der Waals surface area (Å²) in [7, 11) is -3.79. The number of nitrogens with zero attached hydrogens (tertiary/aromatic N) is 1. The maximum Gasteiger partial charge on any atom is 0.237 e. The molecule has 2 atom stereocenters. The van der Waals surface area contributed by atoms with Gasteiger partial charge in [0.2, 0.25) is 15.9 Å². The van der Waals surface area contributed by atoms with Gasteiger partial charge in [-0.25, -0.2) is 12.8 Å². The van der Waals surface area contributed by atoms with Crippen LogP contribution in [0.3, 0.4) is 0 Å². The highest BCUT2D eigenvalue weighted by Crippen LogP contribution is 2.48. The number of carbonyl (C=O) groups is 1. The van der Waals surface area contributed by atoms with E-state index in [0.717, 1.165) is 5.56 Å². The van der Waals surface area contributed by atoms with Crippen molar-refractivity contribution in [2.45, 2.75) is 25.2 Å². The highest BCUT2D eigenvalue weighted by molar-refractivity contribution is 7.90. The van der Waals surface area contributed by atoms with Crippen LogP contribution in [0.2, 0.25) is 0 Å². The highest BCUT2D eigenvalue weighted by atomic mass is 32.2. The van der Waals surface area contributed by atoms with Crippen LogP contribution in [0.5, 0.6) is 0 Å². The van der Waals surface area contributed by atoms with Crippen LogP contribution in [-0.4, -0.2) is 20.1 Å². The van der Waals surface area contributed by atoms with E-state index < -0.39 is 27.3 Å². The fourth-order valence-electron chi connectivity index (χ4n) is 2.63. The van der Waals surface area contributed by atoms with Crippen molar-refractivity contribution in [3.63, 3.8) is 0 Å². The Bertz CT molecular complexity index is 748. The SMILES string of the molecule is N#CC1(CS(=O)(=O)NC(=O)[C@H]2C[C@@H]2c2ccc(F)cc2)CC1. The van der Waals surface area contributed by atoms with Crippen molar-refractivity contribution in [3.05, 3.63) is 35.6 Å². The number of hydrogen-bond donors (Lipinski definition) is 1. The van der Waals surface area contributed by atoms with Crippen molar-refractivity contribution < 1.29 is 17.6 Å². The summed E-state index contributed by atoms with van der Waals surface area (Å²) in [5, 5.41) is 8.93. The van der Waals surface area contributed by atoms with Crippen molar-refractivity contribution in [1.82, 2.24) is 4.72 Å². The molecule has 1 aromatic rings. The van der Waals surface area contributed by atoms with Crippen LogP contribution in [0.4, 0.5) is 4.39 Å². The minimum atomic E-state index is -3.79. The van der Waals surface area contributed by atoms with Gasteiger partial charge in [0, 0.05) is 5.92 Å². The average molecular weight is 322 g/mol. The molecule has 0 aliphatic heterocycles. The minimum Gasteiger partial charge on any atom is -0.274 e. The van der Waals surface area contributed by atoms with Crippen LogP contribution in [-0.2, 0) is 14.8 Å². The monoisotopic (exact) mass is 322 g/mol. The molecule has 0 bridgehead atoms. The summed E-state index contributed by atoms with van der Waals surface area (Å²) in [6.45, 7) is 0. The first kappa shape index (κ1) is 15.0. The first-order valence-electron chi connectivity index (χ1n) is 7.05. The molecule has 1 amide bonds. The van der Waals surface area contributed by atoms with Crippen molar-refractivity contribution in [2.24, 2.45) is 11.3 Å². The second-order valence-electron chi connectivity index (χ2n) is 6.12. The Hall–Kier alpha value is -1.94. The van der Waals surface area contributed by atoms with E-state index in [0.29, 0.717) is 19.3 Å². The second kappa shape index (κ2) is 5.06. The molecule has 0 heterocycles. The maximum atomic E-state index is 12.9. The van der Waals surface area contributed by atoms with Crippen LogP contribution >= 0.6 is 0 Å². The predicted molar refractivity (Wildman–Crippen MR) is 76.5 cm³/mol. The number of nitriles is 1. The molecular weight excluding hydrogens is 307 g/mol. The van der Waals surface area contributed by atoms with Crippen LogP contribution in [0.15, 0.2) is 24.3 Å². The Morgan fingerprint density at radius 2 is 2.00 bits per heavy atom. The molecule has 5 nitrogen and oxygen atoms in total. The van der Waals surface area contributed by atoms with Gasteiger partial charge in [0.1, 0.15) is 5.82 Å². The second-order valence-corrected chi connectivity index (χ2v) is 7.84. The summed E-state index contributed by atoms with van der Waals surface area (Å²) in [6, 6.07) is 7.86. The molecule has 2 aliphatic rings. The van der Waals surface area contributed by atoms with Crippen LogP contribution < -0.4 is 4.72 Å². The normalized spacial score (nSPS) is 25.1. The van der Waals surface area contributed by atoms with Gasteiger partial charge in [-0.1, -0.05) is 12.1 Å². The van der Waals surface area contributed by atoms with E-state index in [4.69, 9.17) is 5.26 Å². The van der Waals surface area contributed by atoms with Gasteiger partial charge in [-0.2, -0.15) is 5.26 Å². The van der Waals surface area contributed by atoms with Crippen molar-refractivity contribution in [2.75, 3.05) is 5.75 Å². The van der Waals surface area contributed by atoms with Gasteiger partial charge < -0.3 is 0 Å². The fourth-order valence-corrected chi connectivity index (χ4v) is 4.24. The smallest absolute Gasteiger partial charge is 0.237 e. The van der Waals surface area contributed by atoms with Gasteiger partial charge in [0.15, 0.2) is 0 Å². The zero-order valence-electron chi connectivity index (χ0n) is 11.8. The maximum absolute atomic E-state index is 12.9. The predicted octanol–water partition coefficient (Wildman–Crippen LogP) is 1.68. The Balaban J connectivity index is 1.59. The Morgan fingerprint density at radius 3 is 2.55 bits per heavy atom. The van der Waals surface area contributed by atoms with Crippen molar-refractivity contribution >= 4 is 15.9 Å². The molecule has 1 N–H and O–H groups in total. The van der Waals surface area contributed by atoms with E-state index in [2.05, 4.69) is 4.72 Å². The van der Waals surface area contributed by atoms with Gasteiger partial charge in [-0.3, -0.25) is 9.52 Å². The third-order valence-electron chi connectivity index (χ3n) is 4.24. The number of sulfonamides is 1. The standard InChI is InChI=1S/C15H15FN2O3S/c16-11-3-1-10(2-4-11)12-7-13(12)14(19)18-22(20,21)9-15(8-17)5-6-15/h1-4,12-13H,5-7,9H2,(H,18,19)/t12-,13+/m1/s1. The molecule has 0 radical (unpaired) electrons. The molecule has 3 rings (SSSR count). The van der Waals surface area contributed by atoms with E-state index in [1.54, 1.807) is 12.1 Å². The molecule has 2 fully saturated rings. The number of amides is 1. The van der Waals surface area contributed by atoms with Gasteiger partial charge in [-0.05, 0) is 42.9 Å². The molecule has 0 spiro atoms. The van der Waals surface area contributed by atoms with E-state index in [9.17, 15) is 17.6 Å². The molecule has 2 aliphatic carbocycles. The Kier molecular flexibility index (Phi) is 3.44. The zero-order chi connectivity index (χ0) is 16.0. The van der Waals surface area contributed by atoms with Crippen LogP contribution in [0.1, 0.15) is 30.7 Å². The number of rotatable bonds is 5. The molecule has 116 valence electrons. The van der Waals surface area contributed by atoms with Crippen molar-refractivity contribution in [1.29, 1.82) is 5.26 Å². The lowest BCUT2D eigenvalue weighted by Gasteiger charge is -2.09. The van der Waals surface area contributed by atoms with Gasteiger partial charge >= 0.3 is 0 Å². The Labute approximate surface area is 128 Å². The molecule has 2 saturated carbocycles. The van der Waals surface area contributed by atoms with Crippen LogP contribution in [0.25, 0.3) is 0 Å². The Morgan fingerprint density at radius 1 is 1.36 bits per heavy atom. The summed E-state index contributed by atoms with van der Waals surface area (Å²) < 4.78 is 38.8. The van der Waals surface area contributed by atoms with Gasteiger partial charge in [-0.15, -0.1) is 0 Å². The summed E-state index contributed by atoms with van der Waals surface area (Å²) in [4.78, 5) is 12.0. The third-order valence-corrected chi connectivity index (χ3v) is 5.68. The lowest BCUT2D eigenvalue weighted by Crippen LogP contribution is -2.36. The zero-order valence-corrected chi connectivity index (χ0v) is 12.6. The summed E-state index contributed by atoms with van der Waals surface area (Å²) >= 11 is 0. The van der Waals surface area contributed by atoms with E-state index in [1.807, 2.05) is 6.07 Å². The summed E-state index contributed by atoms with van der Waals surface area (Å²) in [5.41, 5.74) is 0.0149. The quantitative estimate of drug-likeness (QED) is 0.893. The lowest BCUT2D eigenvalue weighted by atomic mass is 10.1. The molecule has 22 heavy (non-hydrogen) atoms. The molecule has 0 unspecified atom stereocenters. The largest absolute Gasteiger partial charge is 0.274 e. The number of nitrogens with one attached hydrogen (secondary N) is 1. The fraction of sp³-hybridized carbons (Fsp3) is 0.467. The van der Waals surface area contributed by atoms with Crippen molar-refractivity contribution in [3.8, 4) is 6.07 Å². The minimum absolute atomic E-state index is 0.0679. The summed E-state index contributed by atoms with van der Waals surface area (Å²) in [5.74, 6) is -1.68. The average Bonchev–Trinajstić information content (AvgIpc) is 3.33. The molecule has 0 saturated heterocycles. The molecular formula is C15H15FN2O3S. The molecule has 1 aromatic carbocycles. The van der Waals surface area contributed by atoms with E-state index >= 15 is 0 Å². The first-order chi connectivity index (χ1) is 10.3. The van der Waals surface area contributed by atoms with Gasteiger partial charge in [0.25, 0.3) is 0 Å². The molecule has 7 heteroatoms. The number of carbonyl (C=O) groups excluding carboxylic acids is 1.